The molecule has 0 amide bonds. The van der Waals surface area contributed by atoms with Crippen molar-refractivity contribution in [2.24, 2.45) is 5.92 Å². The Morgan fingerprint density at radius 2 is 1.95 bits per heavy atom. The van der Waals surface area contributed by atoms with Crippen LogP contribution in [-0.2, 0) is 23.9 Å². The third-order valence-corrected chi connectivity index (χ3v) is 2.54. The zero-order valence-corrected chi connectivity index (χ0v) is 12.2. The molecule has 0 fully saturated rings. The van der Waals surface area contributed by atoms with E-state index in [1.807, 2.05) is 0 Å². The summed E-state index contributed by atoms with van der Waals surface area (Å²) in [5.41, 5.74) is 0.130. The summed E-state index contributed by atoms with van der Waals surface area (Å²) in [6.45, 7) is 4.29. The number of carbonyl (C=O) groups is 3. The topological polar surface area (TPSA) is 99.1 Å². The first-order chi connectivity index (χ1) is 10.3. The summed E-state index contributed by atoms with van der Waals surface area (Å²) >= 11 is 0. The van der Waals surface area contributed by atoms with E-state index in [1.54, 1.807) is 0 Å². The highest BCUT2D eigenvalue weighted by Crippen LogP contribution is 2.19. The molecular formula is C15H16O7. The molecule has 1 atom stereocenters. The molecule has 7 heteroatoms. The number of hydrogen-bond donors (Lipinski definition) is 1. The lowest BCUT2D eigenvalue weighted by atomic mass is 10.1. The van der Waals surface area contributed by atoms with Crippen molar-refractivity contribution in [3.63, 3.8) is 0 Å². The predicted octanol–water partition coefficient (Wildman–Crippen LogP) is 1.21. The lowest BCUT2D eigenvalue weighted by Gasteiger charge is -2.14. The number of methoxy groups -OCH3 is 1. The molecule has 0 radical (unpaired) electrons. The lowest BCUT2D eigenvalue weighted by molar-refractivity contribution is -0.160. The number of benzene rings is 1. The first-order valence-electron chi connectivity index (χ1n) is 6.26. The van der Waals surface area contributed by atoms with E-state index in [4.69, 9.17) is 9.47 Å². The zero-order valence-electron chi connectivity index (χ0n) is 12.2. The number of carbonyl (C=O) groups excluding carboxylic acids is 3. The van der Waals surface area contributed by atoms with Gasteiger partial charge in [-0.1, -0.05) is 12.6 Å². The van der Waals surface area contributed by atoms with E-state index in [-0.39, 0.29) is 17.1 Å². The Morgan fingerprint density at radius 1 is 1.27 bits per heavy atom. The molecule has 22 heavy (non-hydrogen) atoms. The summed E-state index contributed by atoms with van der Waals surface area (Å²) in [6.07, 6.45) is 0. The molecule has 0 heterocycles. The number of rotatable bonds is 6. The van der Waals surface area contributed by atoms with Crippen LogP contribution in [0.25, 0.3) is 0 Å². The molecule has 0 saturated heterocycles. The van der Waals surface area contributed by atoms with Crippen molar-refractivity contribution in [3.05, 3.63) is 36.4 Å². The summed E-state index contributed by atoms with van der Waals surface area (Å²) in [7, 11) is 1.09. The fraction of sp³-hybridized carbons (Fsp3) is 0.267. The quantitative estimate of drug-likeness (QED) is 0.365. The third-order valence-electron chi connectivity index (χ3n) is 2.54. The molecule has 7 nitrogen and oxygen atoms in total. The molecule has 118 valence electrons. The second-order valence-corrected chi connectivity index (χ2v) is 4.37. The normalized spacial score (nSPS) is 11.2. The highest BCUT2D eigenvalue weighted by Gasteiger charge is 2.31. The average molecular weight is 308 g/mol. The van der Waals surface area contributed by atoms with Crippen LogP contribution in [0.15, 0.2) is 36.4 Å². The van der Waals surface area contributed by atoms with Crippen molar-refractivity contribution in [2.45, 2.75) is 6.92 Å². The van der Waals surface area contributed by atoms with Gasteiger partial charge in [0.1, 0.15) is 18.1 Å². The third kappa shape index (κ3) is 4.93. The SMILES string of the molecule is C=C(C)C(=O)OCC(C(=O)OC)C(=O)Oc1cccc(O)c1. The molecule has 1 rings (SSSR count). The second-order valence-electron chi connectivity index (χ2n) is 4.37. The maximum Gasteiger partial charge on any atom is 0.333 e. The van der Waals surface area contributed by atoms with Crippen LogP contribution >= 0.6 is 0 Å². The van der Waals surface area contributed by atoms with Gasteiger partial charge >= 0.3 is 17.9 Å². The molecule has 0 aliphatic heterocycles. The molecule has 1 aromatic rings. The Balaban J connectivity index is 2.78. The van der Waals surface area contributed by atoms with Crippen molar-refractivity contribution in [1.82, 2.24) is 0 Å². The van der Waals surface area contributed by atoms with Gasteiger partial charge in [-0.2, -0.15) is 0 Å². The number of aromatic hydroxyl groups is 1. The van der Waals surface area contributed by atoms with Gasteiger partial charge in [0.2, 0.25) is 0 Å². The Bertz CT molecular complexity index is 591. The van der Waals surface area contributed by atoms with Gasteiger partial charge in [0.05, 0.1) is 7.11 Å². The van der Waals surface area contributed by atoms with E-state index < -0.39 is 30.4 Å². The van der Waals surface area contributed by atoms with Crippen LogP contribution in [0.5, 0.6) is 11.5 Å². The van der Waals surface area contributed by atoms with Crippen LogP contribution < -0.4 is 4.74 Å². The Labute approximate surface area is 127 Å². The molecule has 0 aromatic heterocycles. The minimum absolute atomic E-state index is 0.0464. The second kappa shape index (κ2) is 7.82. The number of phenols is 1. The Hall–Kier alpha value is -2.83. The van der Waals surface area contributed by atoms with Crippen molar-refractivity contribution in [3.8, 4) is 11.5 Å². The Kier molecular flexibility index (Phi) is 6.12. The lowest BCUT2D eigenvalue weighted by Crippen LogP contribution is -2.34. The van der Waals surface area contributed by atoms with Crippen LogP contribution in [0.4, 0.5) is 0 Å². The van der Waals surface area contributed by atoms with Crippen LogP contribution in [0, 0.1) is 5.92 Å². The first kappa shape index (κ1) is 17.2. The highest BCUT2D eigenvalue weighted by molar-refractivity contribution is 5.96. The van der Waals surface area contributed by atoms with Crippen molar-refractivity contribution in [1.29, 1.82) is 0 Å². The van der Waals surface area contributed by atoms with Gasteiger partial charge in [-0.3, -0.25) is 9.59 Å². The molecule has 0 bridgehead atoms. The predicted molar refractivity (Wildman–Crippen MR) is 75.0 cm³/mol. The van der Waals surface area contributed by atoms with Crippen molar-refractivity contribution >= 4 is 17.9 Å². The van der Waals surface area contributed by atoms with Gasteiger partial charge in [-0.15, -0.1) is 0 Å². The molecule has 1 N–H and O–H groups in total. The van der Waals surface area contributed by atoms with E-state index in [0.29, 0.717) is 0 Å². The number of phenolic OH excluding ortho intramolecular Hbond substituents is 1. The molecule has 1 unspecified atom stereocenters. The Morgan fingerprint density at radius 3 is 2.50 bits per heavy atom. The zero-order chi connectivity index (χ0) is 16.7. The molecular weight excluding hydrogens is 292 g/mol. The minimum Gasteiger partial charge on any atom is -0.508 e. The maximum absolute atomic E-state index is 12.0. The van der Waals surface area contributed by atoms with E-state index in [2.05, 4.69) is 11.3 Å². The first-order valence-corrected chi connectivity index (χ1v) is 6.26. The van der Waals surface area contributed by atoms with Crippen molar-refractivity contribution < 1.29 is 33.7 Å². The van der Waals surface area contributed by atoms with E-state index in [1.165, 1.54) is 31.2 Å². The average Bonchev–Trinajstić information content (AvgIpc) is 2.46. The minimum atomic E-state index is -1.43. The van der Waals surface area contributed by atoms with E-state index in [0.717, 1.165) is 7.11 Å². The van der Waals surface area contributed by atoms with Gasteiger partial charge in [0, 0.05) is 11.6 Å². The van der Waals surface area contributed by atoms with Crippen LogP contribution in [0.1, 0.15) is 6.92 Å². The fourth-order valence-electron chi connectivity index (χ4n) is 1.39. The van der Waals surface area contributed by atoms with Crippen LogP contribution in [-0.4, -0.2) is 36.7 Å². The summed E-state index contributed by atoms with van der Waals surface area (Å²) in [6, 6.07) is 5.48. The number of ether oxygens (including phenoxy) is 3. The highest BCUT2D eigenvalue weighted by atomic mass is 16.6. The largest absolute Gasteiger partial charge is 0.508 e. The van der Waals surface area contributed by atoms with Crippen LogP contribution in [0.2, 0.25) is 0 Å². The summed E-state index contributed by atoms with van der Waals surface area (Å²) in [4.78, 5) is 34.9. The monoisotopic (exact) mass is 308 g/mol. The molecule has 1 aromatic carbocycles. The van der Waals surface area contributed by atoms with E-state index >= 15 is 0 Å². The van der Waals surface area contributed by atoms with Gasteiger partial charge in [-0.05, 0) is 19.1 Å². The molecule has 0 aliphatic carbocycles. The number of esters is 3. The molecule has 0 saturated carbocycles. The van der Waals surface area contributed by atoms with E-state index in [9.17, 15) is 19.5 Å². The summed E-state index contributed by atoms with van der Waals surface area (Å²) < 4.78 is 14.2. The van der Waals surface area contributed by atoms with Gasteiger partial charge in [0.25, 0.3) is 0 Å². The summed E-state index contributed by atoms with van der Waals surface area (Å²) in [5.74, 6) is -4.10. The van der Waals surface area contributed by atoms with Gasteiger partial charge < -0.3 is 19.3 Å². The standard InChI is InChI=1S/C15H16O7/c1-9(2)13(17)21-8-12(14(18)20-3)15(19)22-11-6-4-5-10(16)7-11/h4-7,12,16H,1,8H2,2-3H3. The van der Waals surface area contributed by atoms with Crippen molar-refractivity contribution in [2.75, 3.05) is 13.7 Å². The summed E-state index contributed by atoms with van der Waals surface area (Å²) in [5, 5.41) is 9.30. The van der Waals surface area contributed by atoms with Crippen LogP contribution in [0.3, 0.4) is 0 Å². The maximum atomic E-state index is 12.0. The fourth-order valence-corrected chi connectivity index (χ4v) is 1.39. The number of hydrogen-bond acceptors (Lipinski definition) is 7. The van der Waals surface area contributed by atoms with Gasteiger partial charge in [-0.25, -0.2) is 4.79 Å². The smallest absolute Gasteiger partial charge is 0.333 e. The van der Waals surface area contributed by atoms with Gasteiger partial charge in [0.15, 0.2) is 5.92 Å². The molecule has 0 aliphatic rings. The molecule has 0 spiro atoms.